The first kappa shape index (κ1) is 22.3. The molecular weight excluding hydrogens is 439 g/mol. The van der Waals surface area contributed by atoms with Crippen molar-refractivity contribution in [3.05, 3.63) is 82.0 Å². The number of benzene rings is 2. The highest BCUT2D eigenvalue weighted by molar-refractivity contribution is 6.31. The molecule has 2 aromatic carbocycles. The third-order valence-corrected chi connectivity index (χ3v) is 4.59. The highest BCUT2D eigenvalue weighted by atomic mass is 35.5. The van der Waals surface area contributed by atoms with Crippen molar-refractivity contribution in [2.75, 3.05) is 22.5 Å². The minimum Gasteiger partial charge on any atom is -0.378 e. The van der Waals surface area contributed by atoms with Gasteiger partial charge < -0.3 is 16.0 Å². The van der Waals surface area contributed by atoms with Gasteiger partial charge >= 0.3 is 0 Å². The summed E-state index contributed by atoms with van der Waals surface area (Å²) in [7, 11) is 0. The average Bonchev–Trinajstić information content (AvgIpc) is 2.75. The Balaban J connectivity index is 1.75. The van der Waals surface area contributed by atoms with Gasteiger partial charge in [-0.3, -0.25) is 14.4 Å². The molecule has 3 aromatic rings. The van der Waals surface area contributed by atoms with E-state index in [1.165, 1.54) is 19.2 Å². The number of nitrogens with one attached hydrogen (secondary N) is 3. The quantitative estimate of drug-likeness (QED) is 0.469. The van der Waals surface area contributed by atoms with E-state index in [4.69, 9.17) is 23.2 Å². The molecule has 0 aliphatic heterocycles. The number of halogens is 2. The van der Waals surface area contributed by atoms with Crippen LogP contribution in [-0.4, -0.2) is 29.1 Å². The van der Waals surface area contributed by atoms with Gasteiger partial charge in [-0.1, -0.05) is 23.2 Å². The molecule has 1 heterocycles. The van der Waals surface area contributed by atoms with Gasteiger partial charge in [0.05, 0.1) is 22.8 Å². The summed E-state index contributed by atoms with van der Waals surface area (Å²) < 4.78 is 0. The molecule has 0 aliphatic rings. The highest BCUT2D eigenvalue weighted by Gasteiger charge is 2.16. The molecule has 0 bridgehead atoms. The minimum atomic E-state index is -0.489. The van der Waals surface area contributed by atoms with Crippen molar-refractivity contribution in [2.45, 2.75) is 6.92 Å². The fraction of sp³-hybridized carbons (Fsp3) is 0.0909. The van der Waals surface area contributed by atoms with Crippen LogP contribution in [0, 0.1) is 0 Å². The lowest BCUT2D eigenvalue weighted by atomic mass is 10.1. The lowest BCUT2D eigenvalue weighted by Crippen LogP contribution is -2.18. The summed E-state index contributed by atoms with van der Waals surface area (Å²) in [6, 6.07) is 14.4. The summed E-state index contributed by atoms with van der Waals surface area (Å²) in [5.74, 6) is -0.583. The molecule has 158 valence electrons. The fourth-order valence-electron chi connectivity index (χ4n) is 2.61. The molecule has 0 radical (unpaired) electrons. The van der Waals surface area contributed by atoms with Crippen LogP contribution < -0.4 is 16.0 Å². The van der Waals surface area contributed by atoms with Crippen LogP contribution in [0.4, 0.5) is 17.2 Å². The summed E-state index contributed by atoms with van der Waals surface area (Å²) in [6.07, 6.45) is 1.41. The van der Waals surface area contributed by atoms with E-state index in [2.05, 4.69) is 20.9 Å². The molecule has 0 saturated carbocycles. The Hall–Kier alpha value is -3.42. The van der Waals surface area contributed by atoms with Crippen LogP contribution in [-0.2, 0) is 4.79 Å². The number of amides is 2. The number of carbonyl (C=O) groups excluding carboxylic acids is 3. The van der Waals surface area contributed by atoms with Gasteiger partial charge in [0.1, 0.15) is 11.6 Å². The van der Waals surface area contributed by atoms with Crippen molar-refractivity contribution < 1.29 is 14.4 Å². The Bertz CT molecular complexity index is 1120. The maximum Gasteiger partial charge on any atom is 0.258 e. The van der Waals surface area contributed by atoms with E-state index in [-0.39, 0.29) is 17.9 Å². The molecule has 3 rings (SSSR count). The van der Waals surface area contributed by atoms with Crippen molar-refractivity contribution in [3.63, 3.8) is 0 Å². The van der Waals surface area contributed by atoms with Crippen LogP contribution in [0.1, 0.15) is 27.6 Å². The van der Waals surface area contributed by atoms with Gasteiger partial charge in [0.15, 0.2) is 0 Å². The first-order valence-electron chi connectivity index (χ1n) is 9.19. The Labute approximate surface area is 188 Å². The normalized spacial score (nSPS) is 10.3. The van der Waals surface area contributed by atoms with Gasteiger partial charge in [-0.2, -0.15) is 0 Å². The topological polar surface area (TPSA) is 100 Å². The number of hydrogen-bond donors (Lipinski definition) is 3. The number of pyridine rings is 1. The number of nitrogens with zero attached hydrogens (tertiary/aromatic N) is 1. The number of ketones is 1. The molecular formula is C22H18Cl2N4O3. The number of aromatic nitrogens is 1. The summed E-state index contributed by atoms with van der Waals surface area (Å²) in [6.45, 7) is 1.69. The van der Waals surface area contributed by atoms with E-state index in [0.29, 0.717) is 32.8 Å². The van der Waals surface area contributed by atoms with Crippen LogP contribution >= 0.6 is 23.2 Å². The van der Waals surface area contributed by atoms with Gasteiger partial charge in [-0.05, 0) is 61.5 Å². The van der Waals surface area contributed by atoms with Gasteiger partial charge in [-0.25, -0.2) is 4.98 Å². The van der Waals surface area contributed by atoms with Crippen molar-refractivity contribution in [2.24, 2.45) is 0 Å². The molecule has 31 heavy (non-hydrogen) atoms. The first-order chi connectivity index (χ1) is 14.8. The fourth-order valence-corrected chi connectivity index (χ4v) is 2.89. The van der Waals surface area contributed by atoms with E-state index in [9.17, 15) is 14.4 Å². The van der Waals surface area contributed by atoms with Gasteiger partial charge in [0.2, 0.25) is 0 Å². The standard InChI is InChI=1S/C22H18Cl2N4O3/c1-13(29)11-25-17-6-2-14(3-7-17)21(30)27-19-8-4-15(23)10-18(19)22(31)28-20-9-5-16(24)12-26-20/h2-10,12,25H,11H2,1H3,(H,27,30)(H,26,28,31). The maximum atomic E-state index is 12.7. The van der Waals surface area contributed by atoms with Crippen molar-refractivity contribution >= 4 is 58.0 Å². The smallest absolute Gasteiger partial charge is 0.258 e. The Morgan fingerprint density at radius 1 is 0.871 bits per heavy atom. The summed E-state index contributed by atoms with van der Waals surface area (Å²) in [5, 5.41) is 9.10. The zero-order valence-corrected chi connectivity index (χ0v) is 17.9. The predicted octanol–water partition coefficient (Wildman–Crippen LogP) is 4.89. The summed E-state index contributed by atoms with van der Waals surface area (Å²) >= 11 is 11.9. The van der Waals surface area contributed by atoms with E-state index >= 15 is 0 Å². The highest BCUT2D eigenvalue weighted by Crippen LogP contribution is 2.23. The van der Waals surface area contributed by atoms with E-state index in [1.807, 2.05) is 0 Å². The molecule has 3 N–H and O–H groups in total. The summed E-state index contributed by atoms with van der Waals surface area (Å²) in [4.78, 5) is 40.5. The molecule has 9 heteroatoms. The third kappa shape index (κ3) is 6.28. The lowest BCUT2D eigenvalue weighted by Gasteiger charge is -2.12. The van der Waals surface area contributed by atoms with E-state index in [0.717, 1.165) is 0 Å². The molecule has 0 atom stereocenters. The van der Waals surface area contributed by atoms with Crippen LogP contribution in [0.2, 0.25) is 10.0 Å². The molecule has 0 unspecified atom stereocenters. The van der Waals surface area contributed by atoms with Gasteiger partial charge in [-0.15, -0.1) is 0 Å². The second-order valence-corrected chi connectivity index (χ2v) is 7.47. The zero-order valence-electron chi connectivity index (χ0n) is 16.4. The Kier molecular flexibility index (Phi) is 7.23. The number of carbonyl (C=O) groups is 3. The SMILES string of the molecule is CC(=O)CNc1ccc(C(=O)Nc2ccc(Cl)cc2C(=O)Nc2ccc(Cl)cn2)cc1. The lowest BCUT2D eigenvalue weighted by molar-refractivity contribution is -0.115. The monoisotopic (exact) mass is 456 g/mol. The third-order valence-electron chi connectivity index (χ3n) is 4.13. The van der Waals surface area contributed by atoms with Crippen LogP contribution in [0.5, 0.6) is 0 Å². The maximum absolute atomic E-state index is 12.7. The van der Waals surface area contributed by atoms with Crippen LogP contribution in [0.3, 0.4) is 0 Å². The molecule has 0 spiro atoms. The first-order valence-corrected chi connectivity index (χ1v) is 9.94. The molecule has 0 aliphatic carbocycles. The minimum absolute atomic E-state index is 0.00386. The van der Waals surface area contributed by atoms with Gasteiger partial charge in [0.25, 0.3) is 11.8 Å². The van der Waals surface area contributed by atoms with E-state index in [1.54, 1.807) is 48.5 Å². The molecule has 1 aromatic heterocycles. The van der Waals surface area contributed by atoms with Crippen molar-refractivity contribution in [3.8, 4) is 0 Å². The second kappa shape index (κ2) is 10.1. The largest absolute Gasteiger partial charge is 0.378 e. The average molecular weight is 457 g/mol. The Morgan fingerprint density at radius 2 is 1.58 bits per heavy atom. The summed E-state index contributed by atoms with van der Waals surface area (Å²) in [5.41, 5.74) is 1.57. The Morgan fingerprint density at radius 3 is 2.23 bits per heavy atom. The molecule has 2 amide bonds. The molecule has 0 fully saturated rings. The van der Waals surface area contributed by atoms with Gasteiger partial charge in [0, 0.05) is 22.5 Å². The molecule has 0 saturated heterocycles. The number of rotatable bonds is 7. The van der Waals surface area contributed by atoms with Crippen LogP contribution in [0.15, 0.2) is 60.8 Å². The van der Waals surface area contributed by atoms with E-state index < -0.39 is 11.8 Å². The number of Topliss-reactive ketones (excluding diaryl/α,β-unsaturated/α-hetero) is 1. The van der Waals surface area contributed by atoms with Crippen LogP contribution in [0.25, 0.3) is 0 Å². The number of hydrogen-bond acceptors (Lipinski definition) is 5. The predicted molar refractivity (Wildman–Crippen MR) is 122 cm³/mol. The molecule has 7 nitrogen and oxygen atoms in total. The van der Waals surface area contributed by atoms with Crippen molar-refractivity contribution in [1.29, 1.82) is 0 Å². The number of anilines is 3. The zero-order chi connectivity index (χ0) is 22.4. The van der Waals surface area contributed by atoms with Crippen molar-refractivity contribution in [1.82, 2.24) is 4.98 Å². The second-order valence-electron chi connectivity index (χ2n) is 6.59.